The molecule has 1 aromatic rings. The van der Waals surface area contributed by atoms with Crippen molar-refractivity contribution in [3.63, 3.8) is 0 Å². The SMILES string of the molecule is COC(=O)C1CCCC(=O)N1c1ccc(Br)cc1. The van der Waals surface area contributed by atoms with E-state index in [9.17, 15) is 9.59 Å². The lowest BCUT2D eigenvalue weighted by Crippen LogP contribution is -2.48. The molecule has 2 rings (SSSR count). The van der Waals surface area contributed by atoms with Crippen LogP contribution in [0.3, 0.4) is 0 Å². The summed E-state index contributed by atoms with van der Waals surface area (Å²) in [6.07, 6.45) is 1.85. The Morgan fingerprint density at radius 3 is 2.67 bits per heavy atom. The lowest BCUT2D eigenvalue weighted by atomic mass is 10.0. The predicted molar refractivity (Wildman–Crippen MR) is 71.3 cm³/mol. The number of anilines is 1. The summed E-state index contributed by atoms with van der Waals surface area (Å²) in [4.78, 5) is 25.3. The van der Waals surface area contributed by atoms with Crippen LogP contribution in [0.5, 0.6) is 0 Å². The number of nitrogens with zero attached hydrogens (tertiary/aromatic N) is 1. The maximum absolute atomic E-state index is 12.0. The molecule has 96 valence electrons. The molecule has 1 amide bonds. The second-order valence-corrected chi connectivity index (χ2v) is 5.09. The third kappa shape index (κ3) is 2.56. The van der Waals surface area contributed by atoms with Gasteiger partial charge in [-0.2, -0.15) is 0 Å². The zero-order chi connectivity index (χ0) is 13.1. The predicted octanol–water partition coefficient (Wildman–Crippen LogP) is 2.51. The molecule has 0 radical (unpaired) electrons. The Kier molecular flexibility index (Phi) is 4.01. The standard InChI is InChI=1S/C13H14BrNO3/c1-18-13(17)11-3-2-4-12(16)15(11)10-7-5-9(14)6-8-10/h5-8,11H,2-4H2,1H3. The first-order valence-corrected chi connectivity index (χ1v) is 6.58. The molecule has 1 aliphatic rings. The van der Waals surface area contributed by atoms with Gasteiger partial charge in [0.1, 0.15) is 6.04 Å². The fourth-order valence-electron chi connectivity index (χ4n) is 2.15. The van der Waals surface area contributed by atoms with Gasteiger partial charge in [-0.3, -0.25) is 9.69 Å². The first-order valence-electron chi connectivity index (χ1n) is 5.79. The van der Waals surface area contributed by atoms with Crippen LogP contribution in [0.2, 0.25) is 0 Å². The van der Waals surface area contributed by atoms with Crippen molar-refractivity contribution in [2.24, 2.45) is 0 Å². The molecule has 1 aliphatic heterocycles. The molecule has 4 nitrogen and oxygen atoms in total. The number of ether oxygens (including phenoxy) is 1. The van der Waals surface area contributed by atoms with Crippen LogP contribution >= 0.6 is 15.9 Å². The van der Waals surface area contributed by atoms with E-state index in [1.54, 1.807) is 4.90 Å². The van der Waals surface area contributed by atoms with Crippen molar-refractivity contribution >= 4 is 33.5 Å². The van der Waals surface area contributed by atoms with Gasteiger partial charge in [0.05, 0.1) is 7.11 Å². The van der Waals surface area contributed by atoms with Crippen molar-refractivity contribution in [3.8, 4) is 0 Å². The van der Waals surface area contributed by atoms with Crippen LogP contribution in [0.15, 0.2) is 28.7 Å². The summed E-state index contributed by atoms with van der Waals surface area (Å²) >= 11 is 3.35. The number of rotatable bonds is 2. The molecule has 18 heavy (non-hydrogen) atoms. The zero-order valence-corrected chi connectivity index (χ0v) is 11.6. The third-order valence-corrected chi connectivity index (χ3v) is 3.56. The van der Waals surface area contributed by atoms with E-state index < -0.39 is 6.04 Å². The fraction of sp³-hybridized carbons (Fsp3) is 0.385. The molecule has 1 unspecified atom stereocenters. The quantitative estimate of drug-likeness (QED) is 0.788. The minimum atomic E-state index is -0.502. The number of piperidine rings is 1. The van der Waals surface area contributed by atoms with Gasteiger partial charge in [0.2, 0.25) is 5.91 Å². The number of carbonyl (C=O) groups is 2. The Morgan fingerprint density at radius 2 is 2.06 bits per heavy atom. The lowest BCUT2D eigenvalue weighted by molar-refractivity contribution is -0.144. The first kappa shape index (κ1) is 13.1. The van der Waals surface area contributed by atoms with Crippen molar-refractivity contribution in [2.45, 2.75) is 25.3 Å². The van der Waals surface area contributed by atoms with Crippen molar-refractivity contribution in [2.75, 3.05) is 12.0 Å². The van der Waals surface area contributed by atoms with Gasteiger partial charge in [-0.05, 0) is 37.1 Å². The van der Waals surface area contributed by atoms with Crippen LogP contribution in [0, 0.1) is 0 Å². The number of halogens is 1. The molecule has 0 spiro atoms. The number of hydrogen-bond acceptors (Lipinski definition) is 3. The van der Waals surface area contributed by atoms with Gasteiger partial charge >= 0.3 is 5.97 Å². The average Bonchev–Trinajstić information content (AvgIpc) is 2.39. The zero-order valence-electron chi connectivity index (χ0n) is 10.1. The first-order chi connectivity index (χ1) is 8.63. The van der Waals surface area contributed by atoms with Gasteiger partial charge in [-0.15, -0.1) is 0 Å². The summed E-state index contributed by atoms with van der Waals surface area (Å²) < 4.78 is 5.71. The Balaban J connectivity index is 2.32. The number of methoxy groups -OCH3 is 1. The van der Waals surface area contributed by atoms with E-state index in [0.29, 0.717) is 12.8 Å². The van der Waals surface area contributed by atoms with E-state index in [1.807, 2.05) is 24.3 Å². The number of hydrogen-bond donors (Lipinski definition) is 0. The number of esters is 1. The summed E-state index contributed by atoms with van der Waals surface area (Å²) in [6.45, 7) is 0. The van der Waals surface area contributed by atoms with Gasteiger partial charge in [0.25, 0.3) is 0 Å². The van der Waals surface area contributed by atoms with Crippen LogP contribution in [0.25, 0.3) is 0 Å². The number of carbonyl (C=O) groups excluding carboxylic acids is 2. The Hall–Kier alpha value is -1.36. The van der Waals surface area contributed by atoms with Crippen LogP contribution < -0.4 is 4.90 Å². The molecule has 1 aromatic carbocycles. The van der Waals surface area contributed by atoms with Gasteiger partial charge in [0, 0.05) is 16.6 Å². The molecule has 0 saturated carbocycles. The molecule has 5 heteroatoms. The summed E-state index contributed by atoms with van der Waals surface area (Å²) in [7, 11) is 1.35. The molecular formula is C13H14BrNO3. The molecule has 0 aromatic heterocycles. The monoisotopic (exact) mass is 311 g/mol. The lowest BCUT2D eigenvalue weighted by Gasteiger charge is -2.33. The highest BCUT2D eigenvalue weighted by molar-refractivity contribution is 9.10. The van der Waals surface area contributed by atoms with Crippen LogP contribution in [-0.4, -0.2) is 25.0 Å². The van der Waals surface area contributed by atoms with E-state index in [1.165, 1.54) is 7.11 Å². The van der Waals surface area contributed by atoms with Crippen molar-refractivity contribution in [1.82, 2.24) is 0 Å². The summed E-state index contributed by atoms with van der Waals surface area (Å²) in [5, 5.41) is 0. The van der Waals surface area contributed by atoms with Crippen LogP contribution in [0.4, 0.5) is 5.69 Å². The van der Waals surface area contributed by atoms with Crippen molar-refractivity contribution in [1.29, 1.82) is 0 Å². The summed E-state index contributed by atoms with van der Waals surface area (Å²) in [6, 6.07) is 6.85. The molecule has 0 N–H and O–H groups in total. The summed E-state index contributed by atoms with van der Waals surface area (Å²) in [5.41, 5.74) is 0.735. The van der Waals surface area contributed by atoms with E-state index in [0.717, 1.165) is 16.6 Å². The smallest absolute Gasteiger partial charge is 0.328 e. The largest absolute Gasteiger partial charge is 0.467 e. The fourth-order valence-corrected chi connectivity index (χ4v) is 2.42. The highest BCUT2D eigenvalue weighted by Gasteiger charge is 2.34. The third-order valence-electron chi connectivity index (χ3n) is 3.03. The maximum atomic E-state index is 12.0. The maximum Gasteiger partial charge on any atom is 0.328 e. The van der Waals surface area contributed by atoms with E-state index in [2.05, 4.69) is 15.9 Å². The van der Waals surface area contributed by atoms with Crippen molar-refractivity contribution in [3.05, 3.63) is 28.7 Å². The van der Waals surface area contributed by atoms with Gasteiger partial charge in [0.15, 0.2) is 0 Å². The minimum Gasteiger partial charge on any atom is -0.467 e. The highest BCUT2D eigenvalue weighted by Crippen LogP contribution is 2.27. The Morgan fingerprint density at radius 1 is 1.39 bits per heavy atom. The van der Waals surface area contributed by atoms with Crippen LogP contribution in [-0.2, 0) is 14.3 Å². The molecular weight excluding hydrogens is 298 g/mol. The van der Waals surface area contributed by atoms with E-state index in [4.69, 9.17) is 4.74 Å². The van der Waals surface area contributed by atoms with E-state index >= 15 is 0 Å². The molecule has 1 atom stereocenters. The Bertz CT molecular complexity index is 458. The minimum absolute atomic E-state index is 0.0287. The van der Waals surface area contributed by atoms with Gasteiger partial charge in [-0.25, -0.2) is 4.79 Å². The molecule has 1 heterocycles. The summed E-state index contributed by atoms with van der Waals surface area (Å²) in [5.74, 6) is -0.384. The number of amides is 1. The molecule has 1 fully saturated rings. The normalized spacial score (nSPS) is 19.8. The highest BCUT2D eigenvalue weighted by atomic mass is 79.9. The second kappa shape index (κ2) is 5.52. The van der Waals surface area contributed by atoms with E-state index in [-0.39, 0.29) is 11.9 Å². The number of benzene rings is 1. The van der Waals surface area contributed by atoms with Gasteiger partial charge < -0.3 is 4.74 Å². The Labute approximate surface area is 114 Å². The topological polar surface area (TPSA) is 46.6 Å². The van der Waals surface area contributed by atoms with Crippen molar-refractivity contribution < 1.29 is 14.3 Å². The molecule has 0 aliphatic carbocycles. The van der Waals surface area contributed by atoms with Crippen LogP contribution in [0.1, 0.15) is 19.3 Å². The average molecular weight is 312 g/mol. The molecule has 0 bridgehead atoms. The second-order valence-electron chi connectivity index (χ2n) is 4.17. The molecule has 1 saturated heterocycles. The van der Waals surface area contributed by atoms with Gasteiger partial charge in [-0.1, -0.05) is 15.9 Å².